The molecule has 30 heavy (non-hydrogen) atoms. The summed E-state index contributed by atoms with van der Waals surface area (Å²) in [7, 11) is 0. The number of aromatic nitrogens is 1. The Morgan fingerprint density at radius 2 is 1.87 bits per heavy atom. The van der Waals surface area contributed by atoms with Crippen molar-refractivity contribution in [1.29, 1.82) is 0 Å². The van der Waals surface area contributed by atoms with Gasteiger partial charge in [-0.1, -0.05) is 35.9 Å². The number of aryl methyl sites for hydroxylation is 2. The number of oxazole rings is 1. The number of rotatable bonds is 5. The number of halogens is 2. The first-order valence-electron chi connectivity index (χ1n) is 9.87. The zero-order valence-corrected chi connectivity index (χ0v) is 17.0. The molecule has 3 aromatic rings. The topological polar surface area (TPSA) is 49.6 Å². The molecule has 1 amide bonds. The molecular formula is C23H23F2N3O2. The molecule has 0 bridgehead atoms. The van der Waals surface area contributed by atoms with E-state index in [1.807, 2.05) is 34.9 Å². The van der Waals surface area contributed by atoms with E-state index in [0.717, 1.165) is 11.6 Å². The summed E-state index contributed by atoms with van der Waals surface area (Å²) in [5.41, 5.74) is 2.90. The van der Waals surface area contributed by atoms with Crippen molar-refractivity contribution >= 4 is 5.91 Å². The minimum atomic E-state index is -0.981. The molecule has 7 heteroatoms. The summed E-state index contributed by atoms with van der Waals surface area (Å²) >= 11 is 0. The van der Waals surface area contributed by atoms with Gasteiger partial charge in [0.25, 0.3) is 0 Å². The Bertz CT molecular complexity index is 1080. The van der Waals surface area contributed by atoms with Gasteiger partial charge in [0, 0.05) is 26.2 Å². The SMILES string of the molecule is Cc1cccc(CN2CCN(Cc3nc(-c4cccc(F)c4F)oc3C)CC2=O)c1. The molecule has 1 saturated heterocycles. The van der Waals surface area contributed by atoms with Gasteiger partial charge in [-0.3, -0.25) is 9.69 Å². The van der Waals surface area contributed by atoms with Crippen LogP contribution in [0.1, 0.15) is 22.6 Å². The van der Waals surface area contributed by atoms with Gasteiger partial charge in [0.15, 0.2) is 11.6 Å². The van der Waals surface area contributed by atoms with E-state index in [9.17, 15) is 13.6 Å². The molecule has 0 unspecified atom stereocenters. The zero-order valence-electron chi connectivity index (χ0n) is 17.0. The van der Waals surface area contributed by atoms with Gasteiger partial charge in [0.1, 0.15) is 5.76 Å². The largest absolute Gasteiger partial charge is 0.441 e. The highest BCUT2D eigenvalue weighted by Gasteiger charge is 2.26. The Hall–Kier alpha value is -3.06. The lowest BCUT2D eigenvalue weighted by atomic mass is 10.1. The van der Waals surface area contributed by atoms with E-state index in [1.54, 1.807) is 6.92 Å². The molecular weight excluding hydrogens is 388 g/mol. The maximum atomic E-state index is 14.0. The highest BCUT2D eigenvalue weighted by atomic mass is 19.2. The van der Waals surface area contributed by atoms with Gasteiger partial charge in [0.05, 0.1) is 17.8 Å². The number of carbonyl (C=O) groups is 1. The molecule has 156 valence electrons. The first-order valence-corrected chi connectivity index (χ1v) is 9.87. The molecule has 0 spiro atoms. The maximum Gasteiger partial charge on any atom is 0.237 e. The molecule has 2 heterocycles. The monoisotopic (exact) mass is 411 g/mol. The van der Waals surface area contributed by atoms with E-state index in [0.29, 0.717) is 37.6 Å². The van der Waals surface area contributed by atoms with Crippen LogP contribution in [-0.2, 0) is 17.9 Å². The molecule has 0 N–H and O–H groups in total. The second-order valence-electron chi connectivity index (χ2n) is 7.64. The molecule has 1 aliphatic rings. The average Bonchev–Trinajstić information content (AvgIpc) is 3.06. The van der Waals surface area contributed by atoms with Crippen LogP contribution in [0.4, 0.5) is 8.78 Å². The first-order chi connectivity index (χ1) is 14.4. The second kappa shape index (κ2) is 8.36. The molecule has 1 aliphatic heterocycles. The molecule has 0 atom stereocenters. The minimum Gasteiger partial charge on any atom is -0.441 e. The van der Waals surface area contributed by atoms with Gasteiger partial charge in [-0.05, 0) is 31.5 Å². The lowest BCUT2D eigenvalue weighted by Crippen LogP contribution is -2.49. The van der Waals surface area contributed by atoms with Crippen molar-refractivity contribution in [3.05, 3.63) is 76.7 Å². The van der Waals surface area contributed by atoms with Crippen LogP contribution in [0.15, 0.2) is 46.9 Å². The third-order valence-electron chi connectivity index (χ3n) is 5.30. The standard InChI is InChI=1S/C23H23F2N3O2/c1-15-5-3-6-17(11-15)12-28-10-9-27(14-21(28)29)13-20-16(2)30-23(26-20)18-7-4-8-19(24)22(18)25/h3-8,11H,9-10,12-14H2,1-2H3. The Morgan fingerprint density at radius 1 is 1.07 bits per heavy atom. The smallest absolute Gasteiger partial charge is 0.237 e. The molecule has 5 nitrogen and oxygen atoms in total. The van der Waals surface area contributed by atoms with Crippen LogP contribution in [0, 0.1) is 25.5 Å². The third kappa shape index (κ3) is 4.26. The van der Waals surface area contributed by atoms with E-state index in [2.05, 4.69) is 11.1 Å². The van der Waals surface area contributed by atoms with Crippen LogP contribution in [0.3, 0.4) is 0 Å². The molecule has 1 fully saturated rings. The molecule has 0 saturated carbocycles. The zero-order chi connectivity index (χ0) is 21.3. The van der Waals surface area contributed by atoms with E-state index in [-0.39, 0.29) is 23.9 Å². The molecule has 2 aromatic carbocycles. The van der Waals surface area contributed by atoms with Crippen molar-refractivity contribution in [2.24, 2.45) is 0 Å². The number of benzene rings is 2. The van der Waals surface area contributed by atoms with Gasteiger partial charge in [-0.2, -0.15) is 0 Å². The van der Waals surface area contributed by atoms with Gasteiger partial charge >= 0.3 is 0 Å². The van der Waals surface area contributed by atoms with Crippen molar-refractivity contribution in [3.8, 4) is 11.5 Å². The van der Waals surface area contributed by atoms with Crippen molar-refractivity contribution in [1.82, 2.24) is 14.8 Å². The van der Waals surface area contributed by atoms with E-state index < -0.39 is 11.6 Å². The number of carbonyl (C=O) groups excluding carboxylic acids is 1. The fraction of sp³-hybridized carbons (Fsp3) is 0.304. The number of hydrogen-bond acceptors (Lipinski definition) is 4. The molecule has 1 aromatic heterocycles. The summed E-state index contributed by atoms with van der Waals surface area (Å²) in [6.45, 7) is 6.38. The summed E-state index contributed by atoms with van der Waals surface area (Å²) in [6, 6.07) is 12.0. The van der Waals surface area contributed by atoms with Crippen LogP contribution >= 0.6 is 0 Å². The van der Waals surface area contributed by atoms with Crippen LogP contribution in [0.5, 0.6) is 0 Å². The number of amides is 1. The predicted molar refractivity (Wildman–Crippen MR) is 108 cm³/mol. The molecule has 0 aliphatic carbocycles. The second-order valence-corrected chi connectivity index (χ2v) is 7.64. The Kier molecular flexibility index (Phi) is 5.63. The van der Waals surface area contributed by atoms with E-state index in [4.69, 9.17) is 4.42 Å². The average molecular weight is 411 g/mol. The molecule has 4 rings (SSSR count). The van der Waals surface area contributed by atoms with Gasteiger partial charge in [0.2, 0.25) is 11.8 Å². The number of piperazine rings is 1. The van der Waals surface area contributed by atoms with E-state index in [1.165, 1.54) is 17.7 Å². The van der Waals surface area contributed by atoms with Crippen molar-refractivity contribution in [2.75, 3.05) is 19.6 Å². The number of nitrogens with zero attached hydrogens (tertiary/aromatic N) is 3. The van der Waals surface area contributed by atoms with Crippen molar-refractivity contribution in [2.45, 2.75) is 26.9 Å². The Balaban J connectivity index is 1.42. The van der Waals surface area contributed by atoms with Crippen molar-refractivity contribution in [3.63, 3.8) is 0 Å². The summed E-state index contributed by atoms with van der Waals surface area (Å²) in [5.74, 6) is -1.29. The summed E-state index contributed by atoms with van der Waals surface area (Å²) in [5, 5.41) is 0. The van der Waals surface area contributed by atoms with Crippen LogP contribution in [-0.4, -0.2) is 40.3 Å². The van der Waals surface area contributed by atoms with Crippen LogP contribution < -0.4 is 0 Å². The minimum absolute atomic E-state index is 0.0107. The fourth-order valence-corrected chi connectivity index (χ4v) is 3.66. The highest BCUT2D eigenvalue weighted by Crippen LogP contribution is 2.26. The lowest BCUT2D eigenvalue weighted by Gasteiger charge is -2.34. The number of hydrogen-bond donors (Lipinski definition) is 0. The van der Waals surface area contributed by atoms with E-state index >= 15 is 0 Å². The van der Waals surface area contributed by atoms with Crippen molar-refractivity contribution < 1.29 is 18.0 Å². The third-order valence-corrected chi connectivity index (χ3v) is 5.30. The highest BCUT2D eigenvalue weighted by molar-refractivity contribution is 5.79. The summed E-state index contributed by atoms with van der Waals surface area (Å²) in [4.78, 5) is 20.8. The summed E-state index contributed by atoms with van der Waals surface area (Å²) in [6.07, 6.45) is 0. The lowest BCUT2D eigenvalue weighted by molar-refractivity contribution is -0.136. The predicted octanol–water partition coefficient (Wildman–Crippen LogP) is 4.08. The normalized spacial score (nSPS) is 15.1. The Morgan fingerprint density at radius 3 is 2.63 bits per heavy atom. The van der Waals surface area contributed by atoms with Crippen LogP contribution in [0.2, 0.25) is 0 Å². The fourth-order valence-electron chi connectivity index (χ4n) is 3.66. The van der Waals surface area contributed by atoms with Gasteiger partial charge in [-0.25, -0.2) is 13.8 Å². The van der Waals surface area contributed by atoms with Gasteiger partial charge < -0.3 is 9.32 Å². The first kappa shape index (κ1) is 20.2. The quantitative estimate of drug-likeness (QED) is 0.635. The molecule has 0 radical (unpaired) electrons. The summed E-state index contributed by atoms with van der Waals surface area (Å²) < 4.78 is 33.1. The Labute approximate surface area is 173 Å². The van der Waals surface area contributed by atoms with Gasteiger partial charge in [-0.15, -0.1) is 0 Å². The maximum absolute atomic E-state index is 14.0. The van der Waals surface area contributed by atoms with Crippen LogP contribution in [0.25, 0.3) is 11.5 Å².